The molecular weight excluding hydrogens is 415 g/mol. The standard InChI is InChI=1S/C23H25FN4O4/c1-5-30-20-16(15-8-13-10-18(25)26-11-14(13)9-17(15)24)12-27-21-19(20)28(6-7-31-21)22(29)32-23(2,3)4/h8-12H,5-7H2,1-4H3,(H2,25,26). The number of nitrogens with two attached hydrogens (primary N) is 1. The molecule has 0 saturated carbocycles. The second-order valence-electron chi connectivity index (χ2n) is 8.36. The van der Waals surface area contributed by atoms with Crippen molar-refractivity contribution in [1.29, 1.82) is 0 Å². The summed E-state index contributed by atoms with van der Waals surface area (Å²) in [5, 5.41) is 1.33. The average molecular weight is 440 g/mol. The van der Waals surface area contributed by atoms with Crippen LogP contribution in [0.2, 0.25) is 0 Å². The summed E-state index contributed by atoms with van der Waals surface area (Å²) >= 11 is 0. The molecule has 0 radical (unpaired) electrons. The third-order valence-corrected chi connectivity index (χ3v) is 4.82. The van der Waals surface area contributed by atoms with Gasteiger partial charge < -0.3 is 19.9 Å². The van der Waals surface area contributed by atoms with Crippen LogP contribution in [0.3, 0.4) is 0 Å². The molecule has 3 aromatic rings. The van der Waals surface area contributed by atoms with Gasteiger partial charge >= 0.3 is 6.09 Å². The van der Waals surface area contributed by atoms with E-state index in [1.165, 1.54) is 23.4 Å². The molecule has 0 atom stereocenters. The van der Waals surface area contributed by atoms with E-state index < -0.39 is 17.5 Å². The highest BCUT2D eigenvalue weighted by Gasteiger charge is 2.34. The normalized spacial score (nSPS) is 13.5. The van der Waals surface area contributed by atoms with Gasteiger partial charge in [0.2, 0.25) is 5.88 Å². The Kier molecular flexibility index (Phi) is 5.50. The van der Waals surface area contributed by atoms with Gasteiger partial charge in [-0.15, -0.1) is 0 Å². The molecule has 168 valence electrons. The molecule has 2 aromatic heterocycles. The number of rotatable bonds is 3. The SMILES string of the molecule is CCOc1c(-c2cc3cc(N)ncc3cc2F)cnc2c1N(C(=O)OC(C)(C)C)CCO2. The predicted molar refractivity (Wildman–Crippen MR) is 120 cm³/mol. The van der Waals surface area contributed by atoms with Crippen molar-refractivity contribution in [3.63, 3.8) is 0 Å². The first-order valence-corrected chi connectivity index (χ1v) is 10.3. The highest BCUT2D eigenvalue weighted by molar-refractivity contribution is 5.96. The van der Waals surface area contributed by atoms with Crippen LogP contribution in [0.1, 0.15) is 27.7 Å². The molecule has 32 heavy (non-hydrogen) atoms. The van der Waals surface area contributed by atoms with Crippen molar-refractivity contribution in [1.82, 2.24) is 9.97 Å². The van der Waals surface area contributed by atoms with Crippen LogP contribution in [-0.2, 0) is 4.74 Å². The Balaban J connectivity index is 1.90. The number of ether oxygens (including phenoxy) is 3. The third-order valence-electron chi connectivity index (χ3n) is 4.82. The van der Waals surface area contributed by atoms with Crippen LogP contribution in [0.5, 0.6) is 11.6 Å². The Morgan fingerprint density at radius 3 is 2.69 bits per heavy atom. The topological polar surface area (TPSA) is 99.8 Å². The van der Waals surface area contributed by atoms with E-state index in [9.17, 15) is 4.79 Å². The lowest BCUT2D eigenvalue weighted by Crippen LogP contribution is -2.42. The van der Waals surface area contributed by atoms with E-state index in [0.29, 0.717) is 33.6 Å². The van der Waals surface area contributed by atoms with E-state index in [2.05, 4.69) is 9.97 Å². The molecule has 2 N–H and O–H groups in total. The van der Waals surface area contributed by atoms with Crippen LogP contribution in [0.15, 0.2) is 30.6 Å². The number of benzene rings is 1. The Morgan fingerprint density at radius 2 is 1.97 bits per heavy atom. The molecule has 1 aliphatic heterocycles. The molecule has 1 amide bonds. The number of pyridine rings is 2. The molecule has 1 aromatic carbocycles. The number of fused-ring (bicyclic) bond motifs is 2. The Morgan fingerprint density at radius 1 is 1.19 bits per heavy atom. The lowest BCUT2D eigenvalue weighted by molar-refractivity contribution is 0.0565. The van der Waals surface area contributed by atoms with Crippen molar-refractivity contribution < 1.29 is 23.4 Å². The van der Waals surface area contributed by atoms with Crippen molar-refractivity contribution >= 4 is 28.4 Å². The fourth-order valence-corrected chi connectivity index (χ4v) is 3.53. The van der Waals surface area contributed by atoms with Crippen LogP contribution >= 0.6 is 0 Å². The van der Waals surface area contributed by atoms with Crippen molar-refractivity contribution in [2.75, 3.05) is 30.4 Å². The third kappa shape index (κ3) is 4.10. The number of amides is 1. The second-order valence-corrected chi connectivity index (χ2v) is 8.36. The maximum Gasteiger partial charge on any atom is 0.415 e. The minimum Gasteiger partial charge on any atom is -0.491 e. The van der Waals surface area contributed by atoms with Crippen molar-refractivity contribution in [3.8, 4) is 22.8 Å². The summed E-state index contributed by atoms with van der Waals surface area (Å²) in [5.41, 5.74) is 6.08. The fourth-order valence-electron chi connectivity index (χ4n) is 3.53. The highest BCUT2D eigenvalue weighted by atomic mass is 19.1. The first-order valence-electron chi connectivity index (χ1n) is 10.3. The van der Waals surface area contributed by atoms with Gasteiger partial charge in [0.25, 0.3) is 0 Å². The van der Waals surface area contributed by atoms with Gasteiger partial charge in [-0.1, -0.05) is 0 Å². The van der Waals surface area contributed by atoms with Gasteiger partial charge in [-0.05, 0) is 51.3 Å². The van der Waals surface area contributed by atoms with Gasteiger partial charge in [0.1, 0.15) is 23.8 Å². The summed E-state index contributed by atoms with van der Waals surface area (Å²) in [6.07, 6.45) is 2.45. The van der Waals surface area contributed by atoms with Gasteiger partial charge in [0.15, 0.2) is 11.4 Å². The summed E-state index contributed by atoms with van der Waals surface area (Å²) in [6.45, 7) is 7.95. The number of nitrogens with zero attached hydrogens (tertiary/aromatic N) is 3. The molecule has 0 unspecified atom stereocenters. The smallest absolute Gasteiger partial charge is 0.415 e. The van der Waals surface area contributed by atoms with Crippen LogP contribution in [0.25, 0.3) is 21.9 Å². The molecule has 1 aliphatic rings. The van der Waals surface area contributed by atoms with E-state index in [4.69, 9.17) is 19.9 Å². The average Bonchev–Trinajstić information content (AvgIpc) is 2.72. The van der Waals surface area contributed by atoms with Crippen LogP contribution in [0, 0.1) is 5.82 Å². The quantitative estimate of drug-likeness (QED) is 0.638. The van der Waals surface area contributed by atoms with Gasteiger partial charge in [-0.2, -0.15) is 0 Å². The molecule has 4 rings (SSSR count). The first-order chi connectivity index (χ1) is 15.2. The lowest BCUT2D eigenvalue weighted by atomic mass is 10.0. The van der Waals surface area contributed by atoms with E-state index in [0.717, 1.165) is 0 Å². The van der Waals surface area contributed by atoms with Crippen molar-refractivity contribution in [3.05, 3.63) is 36.4 Å². The molecule has 0 bridgehead atoms. The Labute approximate surface area is 185 Å². The van der Waals surface area contributed by atoms with Crippen LogP contribution in [-0.4, -0.2) is 41.4 Å². The van der Waals surface area contributed by atoms with Crippen molar-refractivity contribution in [2.45, 2.75) is 33.3 Å². The number of hydrogen-bond donors (Lipinski definition) is 1. The zero-order valence-corrected chi connectivity index (χ0v) is 18.4. The lowest BCUT2D eigenvalue weighted by Gasteiger charge is -2.32. The van der Waals surface area contributed by atoms with Gasteiger partial charge in [0, 0.05) is 28.9 Å². The Hall–Kier alpha value is -3.62. The zero-order chi connectivity index (χ0) is 23.0. The molecule has 0 spiro atoms. The number of anilines is 2. The Bertz CT molecular complexity index is 1190. The minimum atomic E-state index is -0.690. The molecule has 9 heteroatoms. The molecule has 8 nitrogen and oxygen atoms in total. The minimum absolute atomic E-state index is 0.226. The van der Waals surface area contributed by atoms with Crippen LogP contribution in [0.4, 0.5) is 20.7 Å². The number of aromatic nitrogens is 2. The molecular formula is C23H25FN4O4. The van der Waals surface area contributed by atoms with Gasteiger partial charge in [0.05, 0.1) is 13.2 Å². The summed E-state index contributed by atoms with van der Waals surface area (Å²) in [5.74, 6) is 0.368. The monoisotopic (exact) mass is 440 g/mol. The van der Waals surface area contributed by atoms with E-state index in [-0.39, 0.29) is 31.2 Å². The van der Waals surface area contributed by atoms with E-state index in [1.54, 1.807) is 39.8 Å². The highest BCUT2D eigenvalue weighted by Crippen LogP contribution is 2.46. The molecule has 0 fully saturated rings. The number of halogens is 1. The van der Waals surface area contributed by atoms with Crippen LogP contribution < -0.4 is 20.1 Å². The zero-order valence-electron chi connectivity index (χ0n) is 18.4. The van der Waals surface area contributed by atoms with Gasteiger partial charge in [-0.25, -0.2) is 19.2 Å². The largest absolute Gasteiger partial charge is 0.491 e. The van der Waals surface area contributed by atoms with E-state index >= 15 is 4.39 Å². The molecule has 0 saturated heterocycles. The molecule has 3 heterocycles. The van der Waals surface area contributed by atoms with Crippen molar-refractivity contribution in [2.24, 2.45) is 0 Å². The fraction of sp³-hybridized carbons (Fsp3) is 0.348. The van der Waals surface area contributed by atoms with E-state index in [1.807, 2.05) is 0 Å². The summed E-state index contributed by atoms with van der Waals surface area (Å²) in [6, 6.07) is 4.71. The number of carbonyl (C=O) groups excluding carboxylic acids is 1. The maximum absolute atomic E-state index is 15.2. The predicted octanol–water partition coefficient (Wildman–Crippen LogP) is 4.55. The number of hydrogen-bond acceptors (Lipinski definition) is 7. The number of carbonyl (C=O) groups is 1. The summed E-state index contributed by atoms with van der Waals surface area (Å²) in [7, 11) is 0. The number of nitrogen functional groups attached to an aromatic ring is 1. The summed E-state index contributed by atoms with van der Waals surface area (Å²) < 4.78 is 32.3. The second kappa shape index (κ2) is 8.14. The summed E-state index contributed by atoms with van der Waals surface area (Å²) in [4.78, 5) is 22.7. The molecule has 0 aliphatic carbocycles. The maximum atomic E-state index is 15.2. The first kappa shape index (κ1) is 21.6. The van der Waals surface area contributed by atoms with Gasteiger partial charge in [-0.3, -0.25) is 4.90 Å².